The summed E-state index contributed by atoms with van der Waals surface area (Å²) in [7, 11) is 0. The van der Waals surface area contributed by atoms with E-state index in [1.54, 1.807) is 0 Å². The van der Waals surface area contributed by atoms with E-state index in [9.17, 15) is 0 Å². The molecule has 1 aliphatic carbocycles. The van der Waals surface area contributed by atoms with Crippen LogP contribution in [0.3, 0.4) is 0 Å². The molecule has 240 valence electrons. The Hall–Kier alpha value is -2.54. The first kappa shape index (κ1) is 39.5. The van der Waals surface area contributed by atoms with Gasteiger partial charge in [0.25, 0.3) is 0 Å². The molecule has 5 rings (SSSR count). The Balaban J connectivity index is 0.000000442. The molecule has 0 aromatic heterocycles. The Bertz CT molecular complexity index is 1450. The first-order valence-electron chi connectivity index (χ1n) is 14.7. The molecule has 1 heterocycles. The zero-order valence-corrected chi connectivity index (χ0v) is 31.6. The normalized spacial score (nSPS) is 14.8. The van der Waals surface area contributed by atoms with Crippen molar-refractivity contribution in [3.05, 3.63) is 123 Å². The van der Waals surface area contributed by atoms with Gasteiger partial charge in [0.05, 0.1) is 0 Å². The van der Waals surface area contributed by atoms with E-state index in [0.29, 0.717) is 0 Å². The summed E-state index contributed by atoms with van der Waals surface area (Å²) in [6.45, 7) is 30.2. The predicted molar refractivity (Wildman–Crippen MR) is 182 cm³/mol. The van der Waals surface area contributed by atoms with E-state index in [2.05, 4.69) is 133 Å². The summed E-state index contributed by atoms with van der Waals surface area (Å²) in [5.74, 6) is 0. The molecule has 0 radical (unpaired) electrons. The number of halogens is 2. The van der Waals surface area contributed by atoms with Crippen molar-refractivity contribution in [3.8, 4) is 0 Å². The van der Waals surface area contributed by atoms with Gasteiger partial charge >= 0.3 is 165 Å². The summed E-state index contributed by atoms with van der Waals surface area (Å²) < 4.78 is 4.60. The van der Waals surface area contributed by atoms with Crippen molar-refractivity contribution in [1.82, 2.24) is 0 Å². The first-order chi connectivity index (χ1) is 19.8. The van der Waals surface area contributed by atoms with E-state index in [4.69, 9.17) is 0 Å². The van der Waals surface area contributed by atoms with Crippen LogP contribution < -0.4 is 34.6 Å². The molecule has 0 unspecified atom stereocenters. The average molecular weight is 717 g/mol. The van der Waals surface area contributed by atoms with Crippen molar-refractivity contribution in [2.75, 3.05) is 22.9 Å². The smallest absolute Gasteiger partial charge is 0.0607 e. The number of hydrogen-bond donors (Lipinski definition) is 0. The molecule has 3 aromatic rings. The van der Waals surface area contributed by atoms with Gasteiger partial charge < -0.3 is 24.8 Å². The molecule has 5 heteroatoms. The van der Waals surface area contributed by atoms with Crippen LogP contribution in [0.1, 0.15) is 68.0 Å². The Morgan fingerprint density at radius 1 is 0.705 bits per heavy atom. The van der Waals surface area contributed by atoms with E-state index in [1.807, 2.05) is 30.3 Å². The van der Waals surface area contributed by atoms with Gasteiger partial charge in [-0.05, 0) is 0 Å². The zero-order valence-electron chi connectivity index (χ0n) is 28.3. The fourth-order valence-corrected chi connectivity index (χ4v) is 7.54. The maximum absolute atomic E-state index is 3.94. The number of anilines is 2. The van der Waals surface area contributed by atoms with Crippen LogP contribution in [-0.2, 0) is 16.2 Å². The molecule has 1 fully saturated rings. The minimum absolute atomic E-state index is 0. The van der Waals surface area contributed by atoms with Gasteiger partial charge in [0.1, 0.15) is 0 Å². The number of benzene rings is 3. The average Bonchev–Trinajstić information content (AvgIpc) is 3.38. The molecule has 0 spiro atoms. The van der Waals surface area contributed by atoms with Crippen LogP contribution in [0, 0.1) is 59.1 Å². The van der Waals surface area contributed by atoms with Crippen molar-refractivity contribution >= 4 is 20.0 Å². The fourth-order valence-electron chi connectivity index (χ4n) is 6.02. The van der Waals surface area contributed by atoms with Gasteiger partial charge in [-0.3, -0.25) is 6.08 Å². The SMILES string of the molecule is C=[C]=[Ru]=[C]1N(c2c(C)cc(C)cc2C)CCN1c1c(C)cc(C)cc1C.CC1=[C-]C(C)(C)C(C)=C1C.[Cl-].[Cl-].[c-]1ccccc1. The molecular weight excluding hydrogens is 668 g/mol. The molecule has 0 atom stereocenters. The van der Waals surface area contributed by atoms with Gasteiger partial charge in [0.2, 0.25) is 0 Å². The van der Waals surface area contributed by atoms with E-state index in [-0.39, 0.29) is 46.5 Å². The van der Waals surface area contributed by atoms with Gasteiger partial charge in [-0.25, -0.2) is 5.57 Å². The summed E-state index contributed by atoms with van der Waals surface area (Å²) in [5.41, 5.74) is 15.2. The standard InChI is InChI=1S/C21H26N2.C10H15.C6H5.C2H2.2ClH.Ru/c1-14-9-16(3)20(17(4)10-14)22-7-8-23(13-22)21-18(5)11-15(2)12-19(21)6;1-7-6-10(4,5)9(3)8(7)2;1-2-4-6-5-3-1;1-2;;;/h9-12H,7-8H2,1-6H3;1-5H3;1-5H;1H2;2*1H;/q;2*-1;;;;/p-2. The number of aryl methyl sites for hydroxylation is 6. The first-order valence-corrected chi connectivity index (χ1v) is 16.4. The molecule has 44 heavy (non-hydrogen) atoms. The topological polar surface area (TPSA) is 6.48 Å². The summed E-state index contributed by atoms with van der Waals surface area (Å²) >= 11 is -0.164. The quantitative estimate of drug-likeness (QED) is 0.297. The second kappa shape index (κ2) is 17.2. The number of nitrogens with zero attached hydrogens (tertiary/aromatic N) is 2. The van der Waals surface area contributed by atoms with Gasteiger partial charge in [0.15, 0.2) is 0 Å². The van der Waals surface area contributed by atoms with Crippen LogP contribution in [0.2, 0.25) is 0 Å². The Kier molecular flexibility index (Phi) is 15.5. The summed E-state index contributed by atoms with van der Waals surface area (Å²) in [5, 5.41) is 0. The van der Waals surface area contributed by atoms with Crippen LogP contribution in [-0.4, -0.2) is 21.7 Å². The van der Waals surface area contributed by atoms with Crippen LogP contribution in [0.5, 0.6) is 0 Å². The molecule has 2 aliphatic rings. The van der Waals surface area contributed by atoms with Crippen LogP contribution in [0.4, 0.5) is 11.4 Å². The maximum Gasteiger partial charge on any atom is -0.0607 e. The minimum atomic E-state index is -0.164. The number of hydrogen-bond acceptors (Lipinski definition) is 2. The molecule has 1 saturated heterocycles. The molecule has 0 N–H and O–H groups in total. The number of allylic oxidation sites excluding steroid dienone is 4. The molecule has 0 bridgehead atoms. The van der Waals surface area contributed by atoms with Crippen molar-refractivity contribution in [3.63, 3.8) is 0 Å². The third-order valence-electron chi connectivity index (χ3n) is 8.10. The van der Waals surface area contributed by atoms with Crippen molar-refractivity contribution in [2.45, 2.75) is 76.2 Å². The number of rotatable bonds is 2. The van der Waals surface area contributed by atoms with E-state index in [0.717, 1.165) is 13.1 Å². The third kappa shape index (κ3) is 9.48. The zero-order chi connectivity index (χ0) is 31.2. The van der Waals surface area contributed by atoms with Gasteiger partial charge in [0, 0.05) is 0 Å². The molecular formula is C39H48Cl2N2Ru-4. The molecule has 1 aliphatic heterocycles. The van der Waals surface area contributed by atoms with Gasteiger partial charge in [-0.2, -0.15) is 47.5 Å². The Morgan fingerprint density at radius 2 is 1.11 bits per heavy atom. The monoisotopic (exact) mass is 716 g/mol. The van der Waals surface area contributed by atoms with Crippen molar-refractivity contribution < 1.29 is 41.0 Å². The van der Waals surface area contributed by atoms with Crippen LogP contribution in [0.25, 0.3) is 0 Å². The molecule has 2 nitrogen and oxygen atoms in total. The second-order valence-electron chi connectivity index (χ2n) is 12.0. The van der Waals surface area contributed by atoms with Gasteiger partial charge in [-0.15, -0.1) is 6.92 Å². The summed E-state index contributed by atoms with van der Waals surface area (Å²) in [6, 6.07) is 21.7. The molecule has 3 aromatic carbocycles. The van der Waals surface area contributed by atoms with E-state index in [1.165, 1.54) is 65.8 Å². The Morgan fingerprint density at radius 3 is 1.34 bits per heavy atom. The predicted octanol–water partition coefficient (Wildman–Crippen LogP) is 3.23. The van der Waals surface area contributed by atoms with Crippen LogP contribution >= 0.6 is 0 Å². The Labute approximate surface area is 287 Å². The van der Waals surface area contributed by atoms with Gasteiger partial charge in [-0.1, -0.05) is 33.1 Å². The second-order valence-corrected chi connectivity index (χ2v) is 13.8. The largest absolute Gasteiger partial charge is 1.00 e. The minimum Gasteiger partial charge on any atom is -1.00 e. The van der Waals surface area contributed by atoms with Crippen molar-refractivity contribution in [2.24, 2.45) is 5.41 Å². The molecule has 0 amide bonds. The summed E-state index contributed by atoms with van der Waals surface area (Å²) in [6.07, 6.45) is 3.44. The fraction of sp³-hybridized carbons (Fsp3) is 0.359. The third-order valence-corrected chi connectivity index (χ3v) is 9.74. The van der Waals surface area contributed by atoms with E-state index >= 15 is 0 Å². The van der Waals surface area contributed by atoms with Crippen LogP contribution in [0.15, 0.2) is 77.9 Å². The maximum atomic E-state index is 3.94. The molecule has 0 saturated carbocycles. The summed E-state index contributed by atoms with van der Waals surface area (Å²) in [4.78, 5) is 5.03. The van der Waals surface area contributed by atoms with E-state index < -0.39 is 0 Å². The van der Waals surface area contributed by atoms with Crippen molar-refractivity contribution in [1.29, 1.82) is 0 Å².